The van der Waals surface area contributed by atoms with Gasteiger partial charge in [0.1, 0.15) is 0 Å². The van der Waals surface area contributed by atoms with Gasteiger partial charge >= 0.3 is 5.97 Å². The quantitative estimate of drug-likeness (QED) is 0.726. The number of nitriles is 1. The number of ether oxygens (including phenoxy) is 1. The van der Waals surface area contributed by atoms with Crippen molar-refractivity contribution < 1.29 is 22.7 Å². The van der Waals surface area contributed by atoms with Gasteiger partial charge in [0.2, 0.25) is 0 Å². The number of likely N-dealkylation sites (N-methyl/N-ethyl adjacent to an activating group) is 1. The molecule has 1 amide bonds. The minimum absolute atomic E-state index is 0.0581. The van der Waals surface area contributed by atoms with Crippen LogP contribution in [0, 0.1) is 11.3 Å². The summed E-state index contributed by atoms with van der Waals surface area (Å²) in [5.41, 5.74) is 0.505. The second-order valence-electron chi connectivity index (χ2n) is 5.92. The van der Waals surface area contributed by atoms with Crippen molar-refractivity contribution in [2.24, 2.45) is 0 Å². The highest BCUT2D eigenvalue weighted by atomic mass is 32.2. The van der Waals surface area contributed by atoms with E-state index in [0.29, 0.717) is 18.5 Å². The van der Waals surface area contributed by atoms with Crippen molar-refractivity contribution in [2.75, 3.05) is 18.1 Å². The molecule has 2 atom stereocenters. The molecule has 0 unspecified atom stereocenters. The van der Waals surface area contributed by atoms with E-state index in [-0.39, 0.29) is 23.1 Å². The molecule has 7 nitrogen and oxygen atoms in total. The van der Waals surface area contributed by atoms with Gasteiger partial charge in [0.05, 0.1) is 28.7 Å². The number of esters is 1. The van der Waals surface area contributed by atoms with Gasteiger partial charge in [-0.25, -0.2) is 13.2 Å². The monoisotopic (exact) mass is 364 g/mol. The molecule has 0 bridgehead atoms. The highest BCUT2D eigenvalue weighted by molar-refractivity contribution is 7.91. The molecule has 1 aliphatic rings. The van der Waals surface area contributed by atoms with Crippen molar-refractivity contribution in [1.29, 1.82) is 5.26 Å². The highest BCUT2D eigenvalue weighted by Crippen LogP contribution is 2.19. The van der Waals surface area contributed by atoms with Crippen molar-refractivity contribution in [1.82, 2.24) is 4.90 Å². The van der Waals surface area contributed by atoms with Crippen LogP contribution in [-0.2, 0) is 19.4 Å². The molecule has 0 aromatic heterocycles. The molecule has 1 heterocycles. The van der Waals surface area contributed by atoms with E-state index in [9.17, 15) is 18.0 Å². The van der Waals surface area contributed by atoms with Crippen molar-refractivity contribution >= 4 is 21.7 Å². The first-order valence-electron chi connectivity index (χ1n) is 7.99. The van der Waals surface area contributed by atoms with E-state index in [2.05, 4.69) is 0 Å². The van der Waals surface area contributed by atoms with Gasteiger partial charge in [-0.15, -0.1) is 0 Å². The van der Waals surface area contributed by atoms with Gasteiger partial charge in [-0.1, -0.05) is 6.07 Å². The molecule has 0 N–H and O–H groups in total. The Labute approximate surface area is 147 Å². The summed E-state index contributed by atoms with van der Waals surface area (Å²) in [5.74, 6) is -1.11. The van der Waals surface area contributed by atoms with E-state index >= 15 is 0 Å². The van der Waals surface area contributed by atoms with Crippen LogP contribution in [0.25, 0.3) is 0 Å². The van der Waals surface area contributed by atoms with Gasteiger partial charge in [0.25, 0.3) is 5.91 Å². The maximum absolute atomic E-state index is 12.6. The Bertz CT molecular complexity index is 813. The number of nitrogens with zero attached hydrogens (tertiary/aromatic N) is 2. The fraction of sp³-hybridized carbons (Fsp3) is 0.471. The van der Waals surface area contributed by atoms with Gasteiger partial charge in [0, 0.05) is 12.6 Å². The first-order valence-corrected chi connectivity index (χ1v) is 9.81. The number of amides is 1. The minimum atomic E-state index is -3.12. The second kappa shape index (κ2) is 7.66. The fourth-order valence-corrected chi connectivity index (χ4v) is 4.57. The SMILES string of the molecule is CCN(C(=O)[C@@H](C)OC(=O)c1cccc(C#N)c1)[C@@H]1CCS(=O)(=O)C1. The molecule has 1 aliphatic heterocycles. The molecule has 134 valence electrons. The number of hydrogen-bond donors (Lipinski definition) is 0. The van der Waals surface area contributed by atoms with Crippen LogP contribution >= 0.6 is 0 Å². The van der Waals surface area contributed by atoms with Crippen LogP contribution in [0.4, 0.5) is 0 Å². The first-order chi connectivity index (χ1) is 11.8. The van der Waals surface area contributed by atoms with E-state index in [1.54, 1.807) is 19.1 Å². The zero-order chi connectivity index (χ0) is 18.6. The molecule has 0 spiro atoms. The van der Waals surface area contributed by atoms with Crippen LogP contribution in [-0.4, -0.2) is 55.4 Å². The third-order valence-corrected chi connectivity index (χ3v) is 5.88. The summed E-state index contributed by atoms with van der Waals surface area (Å²) >= 11 is 0. The zero-order valence-corrected chi connectivity index (χ0v) is 15.0. The molecular formula is C17H20N2O5S. The lowest BCUT2D eigenvalue weighted by Crippen LogP contribution is -2.46. The number of carbonyl (C=O) groups is 2. The van der Waals surface area contributed by atoms with Gasteiger partial charge < -0.3 is 9.64 Å². The molecule has 0 radical (unpaired) electrons. The Morgan fingerprint density at radius 1 is 1.44 bits per heavy atom. The molecule has 1 aromatic carbocycles. The van der Waals surface area contributed by atoms with Gasteiger partial charge in [-0.05, 0) is 38.5 Å². The average Bonchev–Trinajstić information content (AvgIpc) is 2.95. The summed E-state index contributed by atoms with van der Waals surface area (Å²) in [6, 6.07) is 7.56. The van der Waals surface area contributed by atoms with Crippen LogP contribution in [0.15, 0.2) is 24.3 Å². The highest BCUT2D eigenvalue weighted by Gasteiger charge is 2.36. The molecule has 25 heavy (non-hydrogen) atoms. The lowest BCUT2D eigenvalue weighted by Gasteiger charge is -2.29. The summed E-state index contributed by atoms with van der Waals surface area (Å²) < 4.78 is 28.5. The van der Waals surface area contributed by atoms with E-state index in [1.165, 1.54) is 24.0 Å². The van der Waals surface area contributed by atoms with Crippen molar-refractivity contribution in [3.63, 3.8) is 0 Å². The summed E-state index contributed by atoms with van der Waals surface area (Å²) in [5, 5.41) is 8.87. The Balaban J connectivity index is 2.05. The van der Waals surface area contributed by atoms with Crippen molar-refractivity contribution in [2.45, 2.75) is 32.4 Å². The zero-order valence-electron chi connectivity index (χ0n) is 14.1. The molecule has 2 rings (SSSR count). The predicted molar refractivity (Wildman–Crippen MR) is 90.5 cm³/mol. The molecular weight excluding hydrogens is 344 g/mol. The smallest absolute Gasteiger partial charge is 0.338 e. The molecule has 0 saturated carbocycles. The van der Waals surface area contributed by atoms with E-state index < -0.39 is 27.8 Å². The van der Waals surface area contributed by atoms with E-state index in [1.807, 2.05) is 6.07 Å². The van der Waals surface area contributed by atoms with Crippen LogP contribution in [0.1, 0.15) is 36.2 Å². The van der Waals surface area contributed by atoms with Crippen LogP contribution < -0.4 is 0 Å². The first kappa shape index (κ1) is 18.9. The van der Waals surface area contributed by atoms with Crippen LogP contribution in [0.2, 0.25) is 0 Å². The maximum Gasteiger partial charge on any atom is 0.338 e. The summed E-state index contributed by atoms with van der Waals surface area (Å²) in [6.07, 6.45) is -0.645. The summed E-state index contributed by atoms with van der Waals surface area (Å²) in [4.78, 5) is 26.2. The third kappa shape index (κ3) is 4.57. The van der Waals surface area contributed by atoms with Crippen LogP contribution in [0.3, 0.4) is 0 Å². The summed E-state index contributed by atoms with van der Waals surface area (Å²) in [6.45, 7) is 3.55. The second-order valence-corrected chi connectivity index (χ2v) is 8.15. The number of carbonyl (C=O) groups excluding carboxylic acids is 2. The molecule has 1 aromatic rings. The Kier molecular flexibility index (Phi) is 5.80. The Morgan fingerprint density at radius 2 is 2.16 bits per heavy atom. The molecule has 8 heteroatoms. The predicted octanol–water partition coefficient (Wildman–Crippen LogP) is 1.14. The molecule has 1 saturated heterocycles. The van der Waals surface area contributed by atoms with Crippen LogP contribution in [0.5, 0.6) is 0 Å². The third-order valence-electron chi connectivity index (χ3n) is 4.13. The number of benzene rings is 1. The fourth-order valence-electron chi connectivity index (χ4n) is 2.84. The van der Waals surface area contributed by atoms with Gasteiger partial charge in [-0.2, -0.15) is 5.26 Å². The lowest BCUT2D eigenvalue weighted by molar-refractivity contribution is -0.141. The normalized spacial score (nSPS) is 19.6. The van der Waals surface area contributed by atoms with E-state index in [0.717, 1.165) is 0 Å². The molecule has 0 aliphatic carbocycles. The van der Waals surface area contributed by atoms with Crippen molar-refractivity contribution in [3.8, 4) is 6.07 Å². The standard InChI is InChI=1S/C17H20N2O5S/c1-3-19(15-7-8-25(22,23)11-15)16(20)12(2)24-17(21)14-6-4-5-13(9-14)10-18/h4-6,9,12,15H,3,7-8,11H2,1-2H3/t12-,15-/m1/s1. The Hall–Kier alpha value is -2.40. The number of hydrogen-bond acceptors (Lipinski definition) is 6. The van der Waals surface area contributed by atoms with Crippen molar-refractivity contribution in [3.05, 3.63) is 35.4 Å². The number of sulfone groups is 1. The molecule has 1 fully saturated rings. The lowest BCUT2D eigenvalue weighted by atomic mass is 10.1. The largest absolute Gasteiger partial charge is 0.449 e. The van der Waals surface area contributed by atoms with E-state index in [4.69, 9.17) is 10.00 Å². The minimum Gasteiger partial charge on any atom is -0.449 e. The Morgan fingerprint density at radius 3 is 2.72 bits per heavy atom. The topological polar surface area (TPSA) is 105 Å². The van der Waals surface area contributed by atoms with Gasteiger partial charge in [-0.3, -0.25) is 4.79 Å². The maximum atomic E-state index is 12.6. The average molecular weight is 364 g/mol. The number of rotatable bonds is 5. The summed E-state index contributed by atoms with van der Waals surface area (Å²) in [7, 11) is -3.12. The van der Waals surface area contributed by atoms with Gasteiger partial charge in [0.15, 0.2) is 15.9 Å².